The first-order valence-electron chi connectivity index (χ1n) is 10.2. The average molecular weight is 388 g/mol. The standard InChI is InChI=1S/C23H24N4O2/c1-26-21(28)15-19(17-9-11-24-12-10-17)25-23(26)27-13-14-29-22-18-7-3-2-5-16(18)6-4-8-20(22)27/h2-3,5,7,9-12,15,20,22H,4,6,8,13-14H2,1H3/t20-,22+/m1/s1. The third kappa shape index (κ3) is 3.23. The van der Waals surface area contributed by atoms with Crippen LogP contribution >= 0.6 is 0 Å². The number of ether oxygens (including phenoxy) is 1. The van der Waals surface area contributed by atoms with Crippen LogP contribution in [0.2, 0.25) is 0 Å². The van der Waals surface area contributed by atoms with E-state index in [0.717, 1.165) is 31.4 Å². The van der Waals surface area contributed by atoms with Gasteiger partial charge in [-0.2, -0.15) is 0 Å². The van der Waals surface area contributed by atoms with Gasteiger partial charge in [-0.3, -0.25) is 14.3 Å². The van der Waals surface area contributed by atoms with E-state index >= 15 is 0 Å². The van der Waals surface area contributed by atoms with Gasteiger partial charge in [0, 0.05) is 37.6 Å². The van der Waals surface area contributed by atoms with Crippen LogP contribution in [0.1, 0.15) is 30.1 Å². The highest BCUT2D eigenvalue weighted by atomic mass is 16.5. The van der Waals surface area contributed by atoms with Crippen LogP contribution in [0.4, 0.5) is 5.95 Å². The van der Waals surface area contributed by atoms with E-state index in [9.17, 15) is 4.79 Å². The summed E-state index contributed by atoms with van der Waals surface area (Å²) in [5.41, 5.74) is 4.17. The molecule has 0 bridgehead atoms. The second-order valence-corrected chi connectivity index (χ2v) is 7.72. The first kappa shape index (κ1) is 18.1. The van der Waals surface area contributed by atoms with Crippen molar-refractivity contribution in [2.24, 2.45) is 7.05 Å². The van der Waals surface area contributed by atoms with Crippen LogP contribution in [-0.2, 0) is 18.2 Å². The molecule has 29 heavy (non-hydrogen) atoms. The van der Waals surface area contributed by atoms with Crippen LogP contribution in [-0.4, -0.2) is 33.7 Å². The number of morpholine rings is 1. The fourth-order valence-electron chi connectivity index (χ4n) is 4.57. The highest BCUT2D eigenvalue weighted by molar-refractivity contribution is 5.59. The lowest BCUT2D eigenvalue weighted by molar-refractivity contribution is 0.00793. The maximum Gasteiger partial charge on any atom is 0.255 e. The summed E-state index contributed by atoms with van der Waals surface area (Å²) in [7, 11) is 1.80. The van der Waals surface area contributed by atoms with Crippen LogP contribution in [0.3, 0.4) is 0 Å². The van der Waals surface area contributed by atoms with Crippen LogP contribution < -0.4 is 10.5 Å². The summed E-state index contributed by atoms with van der Waals surface area (Å²) < 4.78 is 7.92. The number of rotatable bonds is 2. The van der Waals surface area contributed by atoms with Crippen molar-refractivity contribution in [1.82, 2.24) is 14.5 Å². The first-order chi connectivity index (χ1) is 14.2. The van der Waals surface area contributed by atoms with Gasteiger partial charge in [0.15, 0.2) is 0 Å². The first-order valence-corrected chi connectivity index (χ1v) is 10.2. The number of fused-ring (bicyclic) bond motifs is 3. The Morgan fingerprint density at radius 2 is 1.97 bits per heavy atom. The summed E-state index contributed by atoms with van der Waals surface area (Å²) in [6, 6.07) is 14.1. The molecule has 0 saturated carbocycles. The van der Waals surface area contributed by atoms with Gasteiger partial charge in [0.05, 0.1) is 18.3 Å². The van der Waals surface area contributed by atoms with E-state index in [1.54, 1.807) is 30.1 Å². The van der Waals surface area contributed by atoms with Crippen LogP contribution in [0.25, 0.3) is 11.3 Å². The number of nitrogens with zero attached hydrogens (tertiary/aromatic N) is 4. The number of anilines is 1. The van der Waals surface area contributed by atoms with Gasteiger partial charge in [-0.15, -0.1) is 0 Å². The van der Waals surface area contributed by atoms with E-state index in [1.165, 1.54) is 11.1 Å². The zero-order chi connectivity index (χ0) is 19.8. The van der Waals surface area contributed by atoms with Crippen LogP contribution in [0.15, 0.2) is 59.7 Å². The number of hydrogen-bond acceptors (Lipinski definition) is 5. The zero-order valence-electron chi connectivity index (χ0n) is 16.5. The lowest BCUT2D eigenvalue weighted by Crippen LogP contribution is -2.49. The highest BCUT2D eigenvalue weighted by Crippen LogP contribution is 2.38. The summed E-state index contributed by atoms with van der Waals surface area (Å²) in [5, 5.41) is 0. The number of aromatic nitrogens is 3. The minimum Gasteiger partial charge on any atom is -0.370 e. The van der Waals surface area contributed by atoms with Crippen molar-refractivity contribution in [3.8, 4) is 11.3 Å². The van der Waals surface area contributed by atoms with E-state index in [2.05, 4.69) is 34.1 Å². The van der Waals surface area contributed by atoms with Crippen molar-refractivity contribution in [2.75, 3.05) is 18.1 Å². The Kier molecular flexibility index (Phi) is 4.64. The van der Waals surface area contributed by atoms with Crippen molar-refractivity contribution >= 4 is 5.95 Å². The lowest BCUT2D eigenvalue weighted by Gasteiger charge is -2.42. The molecule has 6 nitrogen and oxygen atoms in total. The summed E-state index contributed by atoms with van der Waals surface area (Å²) in [5.74, 6) is 0.710. The molecular formula is C23H24N4O2. The Bertz CT molecular complexity index is 1080. The average Bonchev–Trinajstić information content (AvgIpc) is 2.96. The largest absolute Gasteiger partial charge is 0.370 e. The molecule has 0 N–H and O–H groups in total. The van der Waals surface area contributed by atoms with Crippen molar-refractivity contribution < 1.29 is 4.74 Å². The molecule has 2 aromatic heterocycles. The molecule has 6 heteroatoms. The number of hydrogen-bond donors (Lipinski definition) is 0. The molecule has 3 heterocycles. The Labute approximate surface area is 169 Å². The van der Waals surface area contributed by atoms with Gasteiger partial charge in [0.2, 0.25) is 5.95 Å². The minimum absolute atomic E-state index is 0.00364. The Morgan fingerprint density at radius 1 is 1.14 bits per heavy atom. The van der Waals surface area contributed by atoms with Gasteiger partial charge in [-0.25, -0.2) is 4.98 Å². The second-order valence-electron chi connectivity index (χ2n) is 7.72. The molecule has 1 aliphatic carbocycles. The van der Waals surface area contributed by atoms with Gasteiger partial charge < -0.3 is 9.64 Å². The molecule has 5 rings (SSSR count). The van der Waals surface area contributed by atoms with E-state index < -0.39 is 0 Å². The van der Waals surface area contributed by atoms with Gasteiger partial charge in [0.1, 0.15) is 6.10 Å². The molecule has 148 valence electrons. The topological polar surface area (TPSA) is 60.2 Å². The number of pyridine rings is 1. The molecule has 0 spiro atoms. The van der Waals surface area contributed by atoms with E-state index in [0.29, 0.717) is 18.2 Å². The predicted molar refractivity (Wildman–Crippen MR) is 112 cm³/mol. The van der Waals surface area contributed by atoms with E-state index in [-0.39, 0.29) is 17.7 Å². The van der Waals surface area contributed by atoms with Crippen molar-refractivity contribution in [3.63, 3.8) is 0 Å². The van der Waals surface area contributed by atoms with Crippen LogP contribution in [0.5, 0.6) is 0 Å². The van der Waals surface area contributed by atoms with Crippen LogP contribution in [0, 0.1) is 0 Å². The molecule has 1 saturated heterocycles. The minimum atomic E-state index is -0.0566. The summed E-state index contributed by atoms with van der Waals surface area (Å²) >= 11 is 0. The smallest absolute Gasteiger partial charge is 0.255 e. The lowest BCUT2D eigenvalue weighted by atomic mass is 9.96. The third-order valence-electron chi connectivity index (χ3n) is 6.03. The summed E-state index contributed by atoms with van der Waals surface area (Å²) in [6.45, 7) is 1.34. The molecule has 0 unspecified atom stereocenters. The van der Waals surface area contributed by atoms with Gasteiger partial charge >= 0.3 is 0 Å². The zero-order valence-corrected chi connectivity index (χ0v) is 16.5. The fourth-order valence-corrected chi connectivity index (χ4v) is 4.57. The van der Waals surface area contributed by atoms with Crippen molar-refractivity contribution in [1.29, 1.82) is 0 Å². The molecule has 2 atom stereocenters. The summed E-state index contributed by atoms with van der Waals surface area (Å²) in [4.78, 5) is 24.0. The van der Waals surface area contributed by atoms with E-state index in [1.807, 2.05) is 12.1 Å². The third-order valence-corrected chi connectivity index (χ3v) is 6.03. The molecular weight excluding hydrogens is 364 g/mol. The monoisotopic (exact) mass is 388 g/mol. The maximum atomic E-state index is 12.8. The van der Waals surface area contributed by atoms with Crippen molar-refractivity contribution in [3.05, 3.63) is 76.3 Å². The molecule has 0 amide bonds. The van der Waals surface area contributed by atoms with E-state index in [4.69, 9.17) is 9.72 Å². The number of benzene rings is 1. The molecule has 2 aliphatic rings. The molecule has 1 aromatic carbocycles. The molecule has 0 radical (unpaired) electrons. The Morgan fingerprint density at radius 3 is 2.83 bits per heavy atom. The normalized spacial score (nSPS) is 21.2. The Hall–Kier alpha value is -2.99. The maximum absolute atomic E-state index is 12.8. The van der Waals surface area contributed by atoms with Gasteiger partial charge in [0.25, 0.3) is 5.56 Å². The molecule has 1 aliphatic heterocycles. The van der Waals surface area contributed by atoms with Crippen molar-refractivity contribution in [2.45, 2.75) is 31.4 Å². The summed E-state index contributed by atoms with van der Waals surface area (Å²) in [6.07, 6.45) is 6.61. The fraction of sp³-hybridized carbons (Fsp3) is 0.348. The highest BCUT2D eigenvalue weighted by Gasteiger charge is 2.37. The van der Waals surface area contributed by atoms with Gasteiger partial charge in [-0.1, -0.05) is 24.3 Å². The predicted octanol–water partition coefficient (Wildman–Crippen LogP) is 3.13. The second kappa shape index (κ2) is 7.44. The molecule has 3 aromatic rings. The molecule has 1 fully saturated rings. The Balaban J connectivity index is 1.59. The number of aryl methyl sites for hydroxylation is 1. The quantitative estimate of drug-likeness (QED) is 0.675. The van der Waals surface area contributed by atoms with Gasteiger partial charge in [-0.05, 0) is 42.5 Å². The SMILES string of the molecule is Cn1c(N2CCO[C@H]3c4ccccc4CCC[C@H]32)nc(-c2ccncc2)cc1=O.